The van der Waals surface area contributed by atoms with Gasteiger partial charge in [0.05, 0.1) is 6.42 Å². The van der Waals surface area contributed by atoms with Crippen LogP contribution in [0.25, 0.3) is 0 Å². The monoisotopic (exact) mass is 516 g/mol. The lowest BCUT2D eigenvalue weighted by Crippen LogP contribution is -2.59. The first-order chi connectivity index (χ1) is 16.5. The van der Waals surface area contributed by atoms with Crippen molar-refractivity contribution in [2.24, 2.45) is 11.8 Å². The molecule has 4 atom stereocenters. The van der Waals surface area contributed by atoms with Crippen LogP contribution >= 0.6 is 0 Å². The Bertz CT molecular complexity index is 843. The van der Waals surface area contributed by atoms with Crippen LogP contribution in [0.1, 0.15) is 60.3 Å². The minimum Gasteiger partial charge on any atom is -0.481 e. The second kappa shape index (κ2) is 15.3. The fraction of sp³-hybridized carbons (Fsp3) is 0.682. The molecular weight excluding hydrogens is 480 g/mol. The van der Waals surface area contributed by atoms with Gasteiger partial charge in [-0.3, -0.25) is 28.8 Å². The number of amides is 4. The van der Waals surface area contributed by atoms with Crippen molar-refractivity contribution in [3.63, 3.8) is 0 Å². The lowest BCUT2D eigenvalue weighted by atomic mass is 10.00. The van der Waals surface area contributed by atoms with Crippen LogP contribution < -0.4 is 21.3 Å². The second-order valence-electron chi connectivity index (χ2n) is 9.10. The molecule has 0 bridgehead atoms. The van der Waals surface area contributed by atoms with Gasteiger partial charge in [0.15, 0.2) is 0 Å². The minimum absolute atomic E-state index is 0.000830. The highest BCUT2D eigenvalue weighted by Crippen LogP contribution is 2.09. The van der Waals surface area contributed by atoms with Crippen LogP contribution in [0.4, 0.5) is 0 Å². The highest BCUT2D eigenvalue weighted by Gasteiger charge is 2.33. The summed E-state index contributed by atoms with van der Waals surface area (Å²) < 4.78 is 0. The Morgan fingerprint density at radius 3 is 1.61 bits per heavy atom. The molecule has 7 N–H and O–H groups in total. The van der Waals surface area contributed by atoms with Gasteiger partial charge in [-0.1, -0.05) is 27.7 Å². The predicted molar refractivity (Wildman–Crippen MR) is 124 cm³/mol. The molecule has 0 rings (SSSR count). The average molecular weight is 517 g/mol. The first kappa shape index (κ1) is 32.3. The molecule has 0 aliphatic rings. The molecule has 0 aromatic rings. The third-order valence-corrected chi connectivity index (χ3v) is 4.92. The fourth-order valence-electron chi connectivity index (χ4n) is 3.18. The molecule has 0 spiro atoms. The molecule has 0 aromatic carbocycles. The molecule has 36 heavy (non-hydrogen) atoms. The van der Waals surface area contributed by atoms with Crippen molar-refractivity contribution in [2.75, 3.05) is 0 Å². The van der Waals surface area contributed by atoms with Crippen molar-refractivity contribution in [3.8, 4) is 0 Å². The van der Waals surface area contributed by atoms with Crippen LogP contribution in [0.3, 0.4) is 0 Å². The number of carbonyl (C=O) groups is 7. The zero-order valence-corrected chi connectivity index (χ0v) is 21.0. The van der Waals surface area contributed by atoms with E-state index in [9.17, 15) is 33.6 Å². The lowest BCUT2D eigenvalue weighted by Gasteiger charge is -2.27. The number of aliphatic carboxylic acids is 3. The maximum absolute atomic E-state index is 13.0. The number of rotatable bonds is 16. The van der Waals surface area contributed by atoms with Crippen molar-refractivity contribution in [1.29, 1.82) is 0 Å². The summed E-state index contributed by atoms with van der Waals surface area (Å²) in [6.07, 6.45) is -1.47. The van der Waals surface area contributed by atoms with E-state index in [1.54, 1.807) is 0 Å². The predicted octanol–water partition coefficient (Wildman–Crippen LogP) is -0.928. The van der Waals surface area contributed by atoms with Crippen LogP contribution in [-0.2, 0) is 33.6 Å². The zero-order valence-electron chi connectivity index (χ0n) is 21.0. The molecule has 4 amide bonds. The molecule has 0 radical (unpaired) electrons. The van der Waals surface area contributed by atoms with Gasteiger partial charge < -0.3 is 36.6 Å². The molecule has 0 heterocycles. The highest BCUT2D eigenvalue weighted by molar-refractivity contribution is 5.95. The van der Waals surface area contributed by atoms with Gasteiger partial charge in [0.25, 0.3) is 0 Å². The number of nitrogens with one attached hydrogen (secondary N) is 4. The Morgan fingerprint density at radius 2 is 1.19 bits per heavy atom. The van der Waals surface area contributed by atoms with Crippen LogP contribution in [-0.4, -0.2) is 81.0 Å². The largest absolute Gasteiger partial charge is 0.481 e. The smallest absolute Gasteiger partial charge is 0.326 e. The van der Waals surface area contributed by atoms with Crippen molar-refractivity contribution in [1.82, 2.24) is 21.3 Å². The van der Waals surface area contributed by atoms with Gasteiger partial charge in [0.2, 0.25) is 23.6 Å². The average Bonchev–Trinajstić information content (AvgIpc) is 2.71. The summed E-state index contributed by atoms with van der Waals surface area (Å²) in [5.74, 6) is -7.94. The molecule has 204 valence electrons. The fourth-order valence-corrected chi connectivity index (χ4v) is 3.18. The van der Waals surface area contributed by atoms with E-state index in [1.807, 2.05) is 13.8 Å². The standard InChI is InChI=1S/C22H36N4O10/c1-10(2)8-14(23-12(5)27)20(33)24-13(6-7-16(28)29)19(32)26-18(11(3)4)21(34)25-15(22(35)36)9-17(30)31/h10-11,13-15,18H,6-9H2,1-5H3,(H,23,27)(H,24,33)(H,25,34)(H,26,32)(H,28,29)(H,30,31)(H,35,36). The first-order valence-electron chi connectivity index (χ1n) is 11.4. The minimum atomic E-state index is -1.75. The van der Waals surface area contributed by atoms with E-state index < -0.39 is 84.5 Å². The third kappa shape index (κ3) is 12.7. The first-order valence-corrected chi connectivity index (χ1v) is 11.4. The molecule has 4 unspecified atom stereocenters. The second-order valence-corrected chi connectivity index (χ2v) is 9.10. The van der Waals surface area contributed by atoms with Crippen molar-refractivity contribution in [3.05, 3.63) is 0 Å². The maximum Gasteiger partial charge on any atom is 0.326 e. The Morgan fingerprint density at radius 1 is 0.667 bits per heavy atom. The van der Waals surface area contributed by atoms with Crippen molar-refractivity contribution >= 4 is 41.5 Å². The summed E-state index contributed by atoms with van der Waals surface area (Å²) in [4.78, 5) is 83.2. The molecule has 0 aliphatic carbocycles. The summed E-state index contributed by atoms with van der Waals surface area (Å²) in [7, 11) is 0. The molecule has 0 saturated heterocycles. The van der Waals surface area contributed by atoms with Crippen LogP contribution in [0.2, 0.25) is 0 Å². The van der Waals surface area contributed by atoms with Gasteiger partial charge in [-0.15, -0.1) is 0 Å². The van der Waals surface area contributed by atoms with Crippen LogP contribution in [0.15, 0.2) is 0 Å². The lowest BCUT2D eigenvalue weighted by molar-refractivity contribution is -0.147. The Labute approximate surface area is 208 Å². The Kier molecular flexibility index (Phi) is 13.7. The topological polar surface area (TPSA) is 228 Å². The van der Waals surface area contributed by atoms with Crippen LogP contribution in [0, 0.1) is 11.8 Å². The van der Waals surface area contributed by atoms with E-state index in [4.69, 9.17) is 15.3 Å². The van der Waals surface area contributed by atoms with E-state index >= 15 is 0 Å². The molecule has 0 fully saturated rings. The highest BCUT2D eigenvalue weighted by atomic mass is 16.4. The van der Waals surface area contributed by atoms with Gasteiger partial charge in [0, 0.05) is 13.3 Å². The van der Waals surface area contributed by atoms with Gasteiger partial charge in [-0.05, 0) is 24.7 Å². The van der Waals surface area contributed by atoms with Crippen molar-refractivity contribution in [2.45, 2.75) is 84.5 Å². The van der Waals surface area contributed by atoms with Crippen molar-refractivity contribution < 1.29 is 48.9 Å². The third-order valence-electron chi connectivity index (χ3n) is 4.92. The summed E-state index contributed by atoms with van der Waals surface area (Å²) in [6, 6.07) is -5.44. The van der Waals surface area contributed by atoms with E-state index in [0.717, 1.165) is 0 Å². The summed E-state index contributed by atoms with van der Waals surface area (Å²) in [6.45, 7) is 7.93. The number of carboxylic acids is 3. The molecule has 14 heteroatoms. The van der Waals surface area contributed by atoms with E-state index in [2.05, 4.69) is 21.3 Å². The van der Waals surface area contributed by atoms with Crippen LogP contribution in [0.5, 0.6) is 0 Å². The van der Waals surface area contributed by atoms with E-state index in [0.29, 0.717) is 0 Å². The Hall–Kier alpha value is -3.71. The number of carboxylic acid groups (broad SMARTS) is 3. The van der Waals surface area contributed by atoms with Gasteiger partial charge in [-0.2, -0.15) is 0 Å². The number of hydrogen-bond donors (Lipinski definition) is 7. The van der Waals surface area contributed by atoms with E-state index in [1.165, 1.54) is 20.8 Å². The Balaban J connectivity index is 5.72. The van der Waals surface area contributed by atoms with Gasteiger partial charge >= 0.3 is 17.9 Å². The molecule has 14 nitrogen and oxygen atoms in total. The maximum atomic E-state index is 13.0. The number of carbonyl (C=O) groups excluding carboxylic acids is 4. The zero-order chi connectivity index (χ0) is 28.2. The molecular formula is C22H36N4O10. The molecule has 0 aromatic heterocycles. The number of hydrogen-bond acceptors (Lipinski definition) is 7. The summed E-state index contributed by atoms with van der Waals surface area (Å²) >= 11 is 0. The summed E-state index contributed by atoms with van der Waals surface area (Å²) in [5.41, 5.74) is 0. The normalized spacial score (nSPS) is 14.2. The van der Waals surface area contributed by atoms with Gasteiger partial charge in [-0.25, -0.2) is 4.79 Å². The molecule has 0 saturated carbocycles. The van der Waals surface area contributed by atoms with E-state index in [-0.39, 0.29) is 18.8 Å². The van der Waals surface area contributed by atoms with Gasteiger partial charge in [0.1, 0.15) is 24.2 Å². The quantitative estimate of drug-likeness (QED) is 0.133. The SMILES string of the molecule is CC(=O)NC(CC(C)C)C(=O)NC(CCC(=O)O)C(=O)NC(C(=O)NC(CC(=O)O)C(=O)O)C(C)C. The summed E-state index contributed by atoms with van der Waals surface area (Å²) in [5, 5.41) is 36.4. The molecule has 0 aliphatic heterocycles.